The van der Waals surface area contributed by atoms with Crippen molar-refractivity contribution in [3.63, 3.8) is 0 Å². The molecule has 0 aromatic heterocycles. The molecule has 104 valence electrons. The minimum Gasteiger partial charge on any atom is -0.481 e. The van der Waals surface area contributed by atoms with E-state index in [1.165, 1.54) is 0 Å². The van der Waals surface area contributed by atoms with Crippen LogP contribution in [0.25, 0.3) is 0 Å². The maximum atomic E-state index is 12.2. The SMILES string of the molecule is CC[C@H](Oc1ccccc1)C(=O)Nc1cccc(I)c1. The molecule has 0 unspecified atom stereocenters. The number of benzene rings is 2. The minimum absolute atomic E-state index is 0.127. The Morgan fingerprint density at radius 3 is 2.60 bits per heavy atom. The van der Waals surface area contributed by atoms with Gasteiger partial charge in [-0.2, -0.15) is 0 Å². The first kappa shape index (κ1) is 14.8. The Labute approximate surface area is 132 Å². The number of nitrogens with one attached hydrogen (secondary N) is 1. The normalized spacial score (nSPS) is 11.7. The average Bonchev–Trinajstić information content (AvgIpc) is 2.45. The molecule has 0 spiro atoms. The summed E-state index contributed by atoms with van der Waals surface area (Å²) in [6.45, 7) is 1.93. The van der Waals surface area contributed by atoms with Crippen molar-refractivity contribution in [2.24, 2.45) is 0 Å². The highest BCUT2D eigenvalue weighted by atomic mass is 127. The second-order valence-corrected chi connectivity index (χ2v) is 5.57. The van der Waals surface area contributed by atoms with E-state index in [2.05, 4.69) is 27.9 Å². The second kappa shape index (κ2) is 7.28. The van der Waals surface area contributed by atoms with Crippen LogP contribution in [-0.4, -0.2) is 12.0 Å². The zero-order valence-corrected chi connectivity index (χ0v) is 13.3. The van der Waals surface area contributed by atoms with Crippen LogP contribution in [0.5, 0.6) is 5.75 Å². The van der Waals surface area contributed by atoms with E-state index >= 15 is 0 Å². The molecule has 1 N–H and O–H groups in total. The van der Waals surface area contributed by atoms with Gasteiger partial charge in [0.1, 0.15) is 5.75 Å². The van der Waals surface area contributed by atoms with Crippen molar-refractivity contribution in [1.29, 1.82) is 0 Å². The first-order valence-electron chi connectivity index (χ1n) is 6.47. The number of ether oxygens (including phenoxy) is 1. The van der Waals surface area contributed by atoms with E-state index in [9.17, 15) is 4.79 Å². The number of carbonyl (C=O) groups is 1. The van der Waals surface area contributed by atoms with E-state index in [1.807, 2.05) is 61.5 Å². The molecule has 0 saturated heterocycles. The van der Waals surface area contributed by atoms with Crippen molar-refractivity contribution in [3.8, 4) is 5.75 Å². The molecule has 2 aromatic carbocycles. The summed E-state index contributed by atoms with van der Waals surface area (Å²) in [5.74, 6) is 0.579. The Bertz CT molecular complexity index is 572. The lowest BCUT2D eigenvalue weighted by Gasteiger charge is -2.17. The summed E-state index contributed by atoms with van der Waals surface area (Å²) in [5, 5.41) is 2.89. The molecule has 4 heteroatoms. The molecular formula is C16H16INO2. The van der Waals surface area contributed by atoms with Crippen LogP contribution in [0.4, 0.5) is 5.69 Å². The van der Waals surface area contributed by atoms with E-state index in [1.54, 1.807) is 0 Å². The van der Waals surface area contributed by atoms with Crippen LogP contribution in [-0.2, 0) is 4.79 Å². The number of para-hydroxylation sites is 1. The standard InChI is InChI=1S/C16H16INO2/c1-2-15(20-14-9-4-3-5-10-14)16(19)18-13-8-6-7-12(17)11-13/h3-11,15H,2H2,1H3,(H,18,19)/t15-/m0/s1. The molecule has 0 aliphatic heterocycles. The van der Waals surface area contributed by atoms with Crippen LogP contribution >= 0.6 is 22.6 Å². The zero-order valence-electron chi connectivity index (χ0n) is 11.2. The van der Waals surface area contributed by atoms with Crippen molar-refractivity contribution in [3.05, 3.63) is 58.2 Å². The Morgan fingerprint density at radius 2 is 1.95 bits per heavy atom. The van der Waals surface area contributed by atoms with Crippen LogP contribution in [0.1, 0.15) is 13.3 Å². The van der Waals surface area contributed by atoms with Crippen LogP contribution < -0.4 is 10.1 Å². The molecule has 0 saturated carbocycles. The van der Waals surface area contributed by atoms with Gasteiger partial charge in [0.05, 0.1) is 0 Å². The second-order valence-electron chi connectivity index (χ2n) is 4.33. The van der Waals surface area contributed by atoms with Crippen LogP contribution in [0.3, 0.4) is 0 Å². The number of rotatable bonds is 5. The van der Waals surface area contributed by atoms with Gasteiger partial charge in [0.2, 0.25) is 0 Å². The van der Waals surface area contributed by atoms with E-state index in [-0.39, 0.29) is 5.91 Å². The van der Waals surface area contributed by atoms with Crippen molar-refractivity contribution >= 4 is 34.2 Å². The van der Waals surface area contributed by atoms with Crippen LogP contribution in [0, 0.1) is 3.57 Å². The minimum atomic E-state index is -0.490. The van der Waals surface area contributed by atoms with Gasteiger partial charge >= 0.3 is 0 Å². The molecule has 0 bridgehead atoms. The van der Waals surface area contributed by atoms with Gasteiger partial charge in [-0.1, -0.05) is 31.2 Å². The Hall–Kier alpha value is -1.56. The number of amides is 1. The lowest BCUT2D eigenvalue weighted by Crippen LogP contribution is -2.32. The van der Waals surface area contributed by atoms with Gasteiger partial charge in [-0.15, -0.1) is 0 Å². The molecular weight excluding hydrogens is 365 g/mol. The summed E-state index contributed by atoms with van der Waals surface area (Å²) in [7, 11) is 0. The summed E-state index contributed by atoms with van der Waals surface area (Å²) in [6, 6.07) is 17.1. The molecule has 0 heterocycles. The predicted octanol–water partition coefficient (Wildman–Crippen LogP) is 4.09. The lowest BCUT2D eigenvalue weighted by atomic mass is 10.2. The number of anilines is 1. The van der Waals surface area contributed by atoms with Gasteiger partial charge in [-0.25, -0.2) is 0 Å². The molecule has 1 atom stereocenters. The molecule has 2 rings (SSSR count). The van der Waals surface area contributed by atoms with Crippen molar-refractivity contribution in [2.45, 2.75) is 19.4 Å². The third-order valence-corrected chi connectivity index (χ3v) is 3.45. The molecule has 0 fully saturated rings. The largest absolute Gasteiger partial charge is 0.481 e. The smallest absolute Gasteiger partial charge is 0.265 e. The van der Waals surface area contributed by atoms with Gasteiger partial charge < -0.3 is 10.1 Å². The third kappa shape index (κ3) is 4.23. The highest BCUT2D eigenvalue weighted by Gasteiger charge is 2.18. The molecule has 3 nitrogen and oxygen atoms in total. The Balaban J connectivity index is 2.02. The monoisotopic (exact) mass is 381 g/mol. The fraction of sp³-hybridized carbons (Fsp3) is 0.188. The Morgan fingerprint density at radius 1 is 1.20 bits per heavy atom. The van der Waals surface area contributed by atoms with Crippen molar-refractivity contribution in [1.82, 2.24) is 0 Å². The molecule has 1 amide bonds. The van der Waals surface area contributed by atoms with Crippen LogP contribution in [0.15, 0.2) is 54.6 Å². The lowest BCUT2D eigenvalue weighted by molar-refractivity contribution is -0.122. The quantitative estimate of drug-likeness (QED) is 0.793. The summed E-state index contributed by atoms with van der Waals surface area (Å²) in [4.78, 5) is 12.2. The number of halogens is 1. The van der Waals surface area contributed by atoms with E-state index < -0.39 is 6.10 Å². The van der Waals surface area contributed by atoms with Crippen molar-refractivity contribution in [2.75, 3.05) is 5.32 Å². The third-order valence-electron chi connectivity index (χ3n) is 2.78. The number of carbonyl (C=O) groups excluding carboxylic acids is 1. The molecule has 0 aliphatic rings. The number of hydrogen-bond donors (Lipinski definition) is 1. The zero-order chi connectivity index (χ0) is 14.4. The maximum Gasteiger partial charge on any atom is 0.265 e. The molecule has 0 radical (unpaired) electrons. The Kier molecular flexibility index (Phi) is 5.40. The topological polar surface area (TPSA) is 38.3 Å². The molecule has 0 aliphatic carbocycles. The summed E-state index contributed by atoms with van der Waals surface area (Å²) < 4.78 is 6.79. The summed E-state index contributed by atoms with van der Waals surface area (Å²) >= 11 is 2.21. The van der Waals surface area contributed by atoms with Gasteiger partial charge in [-0.05, 0) is 59.3 Å². The fourth-order valence-corrected chi connectivity index (χ4v) is 2.32. The van der Waals surface area contributed by atoms with Crippen LogP contribution in [0.2, 0.25) is 0 Å². The summed E-state index contributed by atoms with van der Waals surface area (Å²) in [6.07, 6.45) is 0.125. The highest BCUT2D eigenvalue weighted by molar-refractivity contribution is 14.1. The molecule has 20 heavy (non-hydrogen) atoms. The van der Waals surface area contributed by atoms with Gasteiger partial charge in [0.25, 0.3) is 5.91 Å². The first-order chi connectivity index (χ1) is 9.69. The predicted molar refractivity (Wildman–Crippen MR) is 88.9 cm³/mol. The van der Waals surface area contributed by atoms with Gasteiger partial charge in [0.15, 0.2) is 6.10 Å². The van der Waals surface area contributed by atoms with Gasteiger partial charge in [-0.3, -0.25) is 4.79 Å². The molecule has 2 aromatic rings. The van der Waals surface area contributed by atoms with E-state index in [4.69, 9.17) is 4.74 Å². The summed E-state index contributed by atoms with van der Waals surface area (Å²) in [5.41, 5.74) is 0.789. The first-order valence-corrected chi connectivity index (χ1v) is 7.55. The van der Waals surface area contributed by atoms with Crippen molar-refractivity contribution < 1.29 is 9.53 Å². The fourth-order valence-electron chi connectivity index (χ4n) is 1.77. The average molecular weight is 381 g/mol. The maximum absolute atomic E-state index is 12.2. The van der Waals surface area contributed by atoms with E-state index in [0.717, 1.165) is 9.26 Å². The highest BCUT2D eigenvalue weighted by Crippen LogP contribution is 2.16. The number of hydrogen-bond acceptors (Lipinski definition) is 2. The van der Waals surface area contributed by atoms with Gasteiger partial charge in [0, 0.05) is 9.26 Å². The van der Waals surface area contributed by atoms with E-state index in [0.29, 0.717) is 12.2 Å².